The van der Waals surface area contributed by atoms with E-state index < -0.39 is 12.0 Å². The van der Waals surface area contributed by atoms with Gasteiger partial charge in [0.1, 0.15) is 6.04 Å². The average Bonchev–Trinajstić information content (AvgIpc) is 3.16. The summed E-state index contributed by atoms with van der Waals surface area (Å²) in [7, 11) is 0. The summed E-state index contributed by atoms with van der Waals surface area (Å²) in [5.74, 6) is 0.362. The minimum atomic E-state index is -0.561. The van der Waals surface area contributed by atoms with Gasteiger partial charge in [-0.1, -0.05) is 49.0 Å². The fourth-order valence-corrected chi connectivity index (χ4v) is 4.18. The zero-order chi connectivity index (χ0) is 22.9. The van der Waals surface area contributed by atoms with Crippen LogP contribution in [0.4, 0.5) is 11.6 Å². The largest absolute Gasteiger partial charge is 0.462 e. The lowest BCUT2D eigenvalue weighted by Gasteiger charge is -2.19. The number of nitrogen functional groups attached to an aromatic ring is 1. The molecule has 3 rings (SSSR count). The summed E-state index contributed by atoms with van der Waals surface area (Å²) in [6, 6.07) is 16.2. The van der Waals surface area contributed by atoms with E-state index in [1.165, 1.54) is 17.3 Å². The number of benzene rings is 2. The molecule has 1 atom stereocenters. The van der Waals surface area contributed by atoms with Crippen LogP contribution in [0.25, 0.3) is 0 Å². The third kappa shape index (κ3) is 5.88. The number of carbonyl (C=O) groups is 2. The molecule has 0 aliphatic carbocycles. The highest BCUT2D eigenvalue weighted by molar-refractivity contribution is 7.99. The summed E-state index contributed by atoms with van der Waals surface area (Å²) in [4.78, 5) is 24.8. The number of hydrogen-bond acceptors (Lipinski definition) is 7. The van der Waals surface area contributed by atoms with Crippen molar-refractivity contribution in [1.82, 2.24) is 14.8 Å². The van der Waals surface area contributed by atoms with Crippen LogP contribution in [-0.4, -0.2) is 39.0 Å². The number of hydrogen-bond donors (Lipinski definition) is 2. The number of aryl methyl sites for hydroxylation is 1. The maximum atomic E-state index is 13.0. The molecule has 0 radical (unpaired) electrons. The molecule has 1 amide bonds. The highest BCUT2D eigenvalue weighted by atomic mass is 32.2. The van der Waals surface area contributed by atoms with Gasteiger partial charge in [-0.05, 0) is 49.6 Å². The van der Waals surface area contributed by atoms with E-state index in [0.717, 1.165) is 12.2 Å². The van der Waals surface area contributed by atoms with Gasteiger partial charge in [0, 0.05) is 11.4 Å². The normalized spacial score (nSPS) is 11.7. The second-order valence-corrected chi connectivity index (χ2v) is 8.07. The molecular weight excluding hydrogens is 426 g/mol. The number of nitrogens with zero attached hydrogens (tertiary/aromatic N) is 3. The quantitative estimate of drug-likeness (QED) is 0.353. The molecule has 8 nitrogen and oxygen atoms in total. The third-order valence-electron chi connectivity index (χ3n) is 4.82. The van der Waals surface area contributed by atoms with E-state index in [4.69, 9.17) is 10.5 Å². The van der Waals surface area contributed by atoms with Crippen molar-refractivity contribution in [3.05, 3.63) is 65.7 Å². The van der Waals surface area contributed by atoms with E-state index in [9.17, 15) is 9.59 Å². The molecule has 3 aromatic rings. The highest BCUT2D eigenvalue weighted by Gasteiger charge is 2.25. The lowest BCUT2D eigenvalue weighted by Crippen LogP contribution is -2.27. The van der Waals surface area contributed by atoms with E-state index in [1.54, 1.807) is 35.8 Å². The maximum absolute atomic E-state index is 13.0. The summed E-state index contributed by atoms with van der Waals surface area (Å²) in [6.07, 6.45) is 1.38. The van der Waals surface area contributed by atoms with Gasteiger partial charge in [-0.2, -0.15) is 0 Å². The van der Waals surface area contributed by atoms with Crippen molar-refractivity contribution in [2.75, 3.05) is 23.4 Å². The molecule has 1 heterocycles. The first-order valence-corrected chi connectivity index (χ1v) is 11.5. The van der Waals surface area contributed by atoms with E-state index in [1.807, 2.05) is 25.1 Å². The zero-order valence-corrected chi connectivity index (χ0v) is 19.0. The third-order valence-corrected chi connectivity index (χ3v) is 5.77. The summed E-state index contributed by atoms with van der Waals surface area (Å²) in [5, 5.41) is 11.7. The zero-order valence-electron chi connectivity index (χ0n) is 18.2. The molecule has 0 spiro atoms. The van der Waals surface area contributed by atoms with Crippen LogP contribution < -0.4 is 11.1 Å². The summed E-state index contributed by atoms with van der Waals surface area (Å²) < 4.78 is 6.66. The van der Waals surface area contributed by atoms with Gasteiger partial charge in [-0.15, -0.1) is 10.2 Å². The van der Waals surface area contributed by atoms with E-state index >= 15 is 0 Å². The lowest BCUT2D eigenvalue weighted by atomic mass is 10.1. The Morgan fingerprint density at radius 2 is 1.81 bits per heavy atom. The fourth-order valence-electron chi connectivity index (χ4n) is 3.20. The lowest BCUT2D eigenvalue weighted by molar-refractivity contribution is -0.119. The predicted molar refractivity (Wildman–Crippen MR) is 126 cm³/mol. The van der Waals surface area contributed by atoms with E-state index in [-0.39, 0.29) is 11.9 Å². The van der Waals surface area contributed by atoms with Gasteiger partial charge in [0.15, 0.2) is 5.16 Å². The standard InChI is InChI=1S/C23H27N5O3S/c1-3-19(20(29)25-18-12-10-17(11-13-18)21(30)31-4-2)28-22(24)26-27-23(28)32-15-14-16-8-6-5-7-9-16/h5-13,19H,3-4,14-15H2,1-2H3,(H2,24,26)(H,25,29). The Kier molecular flexibility index (Phi) is 8.27. The number of thioether (sulfide) groups is 1. The van der Waals surface area contributed by atoms with Crippen molar-refractivity contribution >= 4 is 35.3 Å². The first-order valence-electron chi connectivity index (χ1n) is 10.5. The van der Waals surface area contributed by atoms with E-state index in [2.05, 4.69) is 27.6 Å². The van der Waals surface area contributed by atoms with Crippen LogP contribution in [0.1, 0.15) is 42.2 Å². The smallest absolute Gasteiger partial charge is 0.338 e. The van der Waals surface area contributed by atoms with Gasteiger partial charge in [0.05, 0.1) is 12.2 Å². The van der Waals surface area contributed by atoms with Crippen LogP contribution in [0.2, 0.25) is 0 Å². The Morgan fingerprint density at radius 1 is 1.09 bits per heavy atom. The van der Waals surface area contributed by atoms with Crippen molar-refractivity contribution in [3.63, 3.8) is 0 Å². The number of amides is 1. The molecule has 1 aromatic heterocycles. The van der Waals surface area contributed by atoms with Crippen molar-refractivity contribution in [3.8, 4) is 0 Å². The summed E-state index contributed by atoms with van der Waals surface area (Å²) in [6.45, 7) is 3.97. The summed E-state index contributed by atoms with van der Waals surface area (Å²) in [5.41, 5.74) is 8.29. The molecule has 3 N–H and O–H groups in total. The molecule has 0 fully saturated rings. The molecule has 0 bridgehead atoms. The topological polar surface area (TPSA) is 112 Å². The van der Waals surface area contributed by atoms with Gasteiger partial charge in [-0.3, -0.25) is 9.36 Å². The van der Waals surface area contributed by atoms with Crippen LogP contribution >= 0.6 is 11.8 Å². The van der Waals surface area contributed by atoms with Crippen molar-refractivity contribution in [2.45, 2.75) is 37.9 Å². The van der Waals surface area contributed by atoms with Crippen LogP contribution in [-0.2, 0) is 16.0 Å². The number of nitrogens with two attached hydrogens (primary N) is 1. The van der Waals surface area contributed by atoms with Crippen molar-refractivity contribution in [2.24, 2.45) is 0 Å². The van der Waals surface area contributed by atoms with Crippen molar-refractivity contribution in [1.29, 1.82) is 0 Å². The number of nitrogens with one attached hydrogen (secondary N) is 1. The minimum absolute atomic E-state index is 0.201. The fraction of sp³-hybridized carbons (Fsp3) is 0.304. The Hall–Kier alpha value is -3.33. The molecule has 32 heavy (non-hydrogen) atoms. The summed E-state index contributed by atoms with van der Waals surface area (Å²) >= 11 is 1.52. The molecular formula is C23H27N5O3S. The SMILES string of the molecule is CCOC(=O)c1ccc(NC(=O)C(CC)n2c(N)nnc2SCCc2ccccc2)cc1. The molecule has 9 heteroatoms. The molecule has 0 saturated heterocycles. The van der Waals surface area contributed by atoms with E-state index in [0.29, 0.717) is 29.4 Å². The minimum Gasteiger partial charge on any atom is -0.462 e. The van der Waals surface area contributed by atoms with Gasteiger partial charge in [0.25, 0.3) is 0 Å². The van der Waals surface area contributed by atoms with Crippen LogP contribution in [0.5, 0.6) is 0 Å². The Labute approximate surface area is 191 Å². The van der Waals surface area contributed by atoms with Crippen LogP contribution in [0.15, 0.2) is 59.8 Å². The second kappa shape index (κ2) is 11.3. The van der Waals surface area contributed by atoms with Gasteiger partial charge in [-0.25, -0.2) is 4.79 Å². The molecule has 0 aliphatic heterocycles. The number of ether oxygens (including phenoxy) is 1. The molecule has 0 saturated carbocycles. The predicted octanol–water partition coefficient (Wildman–Crippen LogP) is 3.96. The number of esters is 1. The van der Waals surface area contributed by atoms with Crippen LogP contribution in [0, 0.1) is 0 Å². The number of carbonyl (C=O) groups excluding carboxylic acids is 2. The maximum Gasteiger partial charge on any atom is 0.338 e. The monoisotopic (exact) mass is 453 g/mol. The van der Waals surface area contributed by atoms with Gasteiger partial charge < -0.3 is 15.8 Å². The number of rotatable bonds is 10. The molecule has 168 valence electrons. The second-order valence-electron chi connectivity index (χ2n) is 7.01. The number of aromatic nitrogens is 3. The van der Waals surface area contributed by atoms with Gasteiger partial charge >= 0.3 is 5.97 Å². The number of anilines is 2. The Bertz CT molecular complexity index is 1040. The van der Waals surface area contributed by atoms with Crippen molar-refractivity contribution < 1.29 is 14.3 Å². The molecule has 0 aliphatic rings. The molecule has 1 unspecified atom stereocenters. The Morgan fingerprint density at radius 3 is 2.47 bits per heavy atom. The highest BCUT2D eigenvalue weighted by Crippen LogP contribution is 2.27. The molecule has 2 aromatic carbocycles. The van der Waals surface area contributed by atoms with Gasteiger partial charge in [0.2, 0.25) is 11.9 Å². The Balaban J connectivity index is 1.67. The first kappa shape index (κ1) is 23.3. The first-order chi connectivity index (χ1) is 15.5. The average molecular weight is 454 g/mol. The van der Waals surface area contributed by atoms with Crippen LogP contribution in [0.3, 0.4) is 0 Å².